The number of hydrazone groups is 2. The molecular weight excluding hydrogens is 925 g/mol. The monoisotopic (exact) mass is 950 g/mol. The summed E-state index contributed by atoms with van der Waals surface area (Å²) in [5.74, 6) is -4.76. The van der Waals surface area contributed by atoms with E-state index in [1.807, 2.05) is 0 Å². The van der Waals surface area contributed by atoms with Crippen molar-refractivity contribution < 1.29 is 86.4 Å². The minimum atomic E-state index is -5.24. The zero-order valence-corrected chi connectivity index (χ0v) is 34.6. The lowest BCUT2D eigenvalue weighted by molar-refractivity contribution is 0.105. The van der Waals surface area contributed by atoms with E-state index in [4.69, 9.17) is 9.47 Å². The van der Waals surface area contributed by atoms with Crippen molar-refractivity contribution in [3.8, 4) is 17.2 Å². The number of carbonyl (C=O) groups is 2. The number of hydrogen-bond acceptors (Lipinski definition) is 21. The number of benzene rings is 3. The molecule has 0 bridgehead atoms. The van der Waals surface area contributed by atoms with Crippen molar-refractivity contribution >= 4 is 98.4 Å². The van der Waals surface area contributed by atoms with Crippen LogP contribution in [0.3, 0.4) is 0 Å². The average molecular weight is 951 g/mol. The second-order valence-electron chi connectivity index (χ2n) is 12.6. The number of ether oxygens (including phenoxy) is 2. The number of allylic oxidation sites excluding steroid dienone is 5. The Labute approximate surface area is 354 Å². The lowest BCUT2D eigenvalue weighted by atomic mass is 9.94. The standard InChI is InChI=1S/C34H26N6O19S4/c1-58-25-11-17(3-5-21(25)35-37-31-27(62(52,53)54)9-15-7-19(60(46,47)48)13-23(41)29(15)33(31)43)39-40(45)18-4-6-22(26(12-18)59-2)36-38-32-28(63(55,56)57)10-16-8-20(61(49,50)51)14-24(42)30(16)34(32)44/h3-14,36,41-42,45H,1-2H3,(H,46,47,48)(H,49,50,51)(H,52,53,54)(H,55,56,57). The lowest BCUT2D eigenvalue weighted by Gasteiger charge is -2.19. The van der Waals surface area contributed by atoms with Crippen molar-refractivity contribution in [2.75, 3.05) is 24.8 Å². The van der Waals surface area contributed by atoms with Gasteiger partial charge in [-0.05, 0) is 59.7 Å². The number of phenols is 2. The molecule has 0 fully saturated rings. The van der Waals surface area contributed by atoms with E-state index in [9.17, 15) is 76.9 Å². The van der Waals surface area contributed by atoms with Crippen molar-refractivity contribution in [1.29, 1.82) is 0 Å². The molecule has 3 aromatic carbocycles. The van der Waals surface area contributed by atoms with Gasteiger partial charge in [-0.15, -0.1) is 20.5 Å². The van der Waals surface area contributed by atoms with E-state index in [-0.39, 0.29) is 34.3 Å². The smallest absolute Gasteiger partial charge is 0.296 e. The van der Waals surface area contributed by atoms with Gasteiger partial charge >= 0.3 is 0 Å². The first kappa shape index (κ1) is 45.6. The molecule has 0 saturated carbocycles. The fourth-order valence-corrected chi connectivity index (χ4v) is 8.22. The highest BCUT2D eigenvalue weighted by Gasteiger charge is 2.37. The number of carbonyl (C=O) groups excluding carboxylic acids is 2. The van der Waals surface area contributed by atoms with Gasteiger partial charge in [-0.3, -0.25) is 38.4 Å². The van der Waals surface area contributed by atoms with Gasteiger partial charge in [-0.25, -0.2) is 0 Å². The normalized spacial score (nSPS) is 18.2. The van der Waals surface area contributed by atoms with Gasteiger partial charge in [0.15, 0.2) is 11.4 Å². The van der Waals surface area contributed by atoms with Gasteiger partial charge in [0.1, 0.15) is 38.5 Å². The minimum absolute atomic E-state index is 0.0261. The van der Waals surface area contributed by atoms with Gasteiger partial charge < -0.3 is 19.7 Å². The van der Waals surface area contributed by atoms with E-state index < -0.39 is 117 Å². The second kappa shape index (κ2) is 16.4. The SMILES string of the molecule is COC1=CC(=NN(O)c2ccc(NN=C3C(=O)c4c(O)cc(S(=O)(=O)O)cc4C=C3S(=O)(=O)O)c(OC)c2)C=CC1=NN=C1C(=O)c2c(O)cc(S(=O)(=O)O)cc2C=C1S(=O)(=O)O. The van der Waals surface area contributed by atoms with E-state index in [0.717, 1.165) is 0 Å². The summed E-state index contributed by atoms with van der Waals surface area (Å²) in [4.78, 5) is 22.6. The van der Waals surface area contributed by atoms with Crippen LogP contribution in [0.15, 0.2) is 106 Å². The Morgan fingerprint density at radius 3 is 1.65 bits per heavy atom. The minimum Gasteiger partial charge on any atom is -0.507 e. The maximum absolute atomic E-state index is 13.3. The highest BCUT2D eigenvalue weighted by Crippen LogP contribution is 2.36. The Hall–Kier alpha value is -6.96. The van der Waals surface area contributed by atoms with Crippen LogP contribution in [0.2, 0.25) is 0 Å². The molecule has 0 aliphatic heterocycles. The molecule has 0 radical (unpaired) electrons. The van der Waals surface area contributed by atoms with E-state index in [0.29, 0.717) is 41.6 Å². The predicted octanol–water partition coefficient (Wildman–Crippen LogP) is 2.07. The van der Waals surface area contributed by atoms with Crippen LogP contribution in [0.5, 0.6) is 17.2 Å². The van der Waals surface area contributed by atoms with E-state index in [2.05, 4.69) is 25.8 Å². The molecular formula is C34H26N6O19S4. The molecule has 8 N–H and O–H groups in total. The number of hydrogen-bond donors (Lipinski definition) is 8. The van der Waals surface area contributed by atoms with Gasteiger partial charge in [0.2, 0.25) is 11.6 Å². The maximum Gasteiger partial charge on any atom is 0.296 e. The number of aromatic hydroxyl groups is 2. The molecule has 0 heterocycles. The molecule has 0 atom stereocenters. The van der Waals surface area contributed by atoms with Crippen LogP contribution in [0.25, 0.3) is 12.2 Å². The van der Waals surface area contributed by atoms with Gasteiger partial charge in [-0.1, -0.05) is 0 Å². The largest absolute Gasteiger partial charge is 0.507 e. The summed E-state index contributed by atoms with van der Waals surface area (Å²) in [7, 11) is -18.0. The summed E-state index contributed by atoms with van der Waals surface area (Å²) < 4.78 is 144. The Kier molecular flexibility index (Phi) is 11.9. The summed E-state index contributed by atoms with van der Waals surface area (Å²) in [5.41, 5.74) is -2.15. The number of phenolic OH excluding ortho intramolecular Hbond substituents is 2. The Morgan fingerprint density at radius 2 is 1.16 bits per heavy atom. The molecule has 0 saturated heterocycles. The van der Waals surface area contributed by atoms with Gasteiger partial charge in [0.05, 0.1) is 52.2 Å². The number of nitrogens with zero attached hydrogens (tertiary/aromatic N) is 5. The molecule has 6 rings (SSSR count). The number of ketones is 2. The fourth-order valence-electron chi connectivity index (χ4n) is 5.83. The van der Waals surface area contributed by atoms with E-state index in [1.165, 1.54) is 50.6 Å². The van der Waals surface area contributed by atoms with E-state index >= 15 is 0 Å². The summed E-state index contributed by atoms with van der Waals surface area (Å²) in [5, 5.41) is 47.3. The Morgan fingerprint density at radius 1 is 0.635 bits per heavy atom. The van der Waals surface area contributed by atoms with Gasteiger partial charge in [0.25, 0.3) is 40.5 Å². The average Bonchev–Trinajstić information content (AvgIpc) is 3.18. The number of methoxy groups -OCH3 is 2. The highest BCUT2D eigenvalue weighted by atomic mass is 32.2. The van der Waals surface area contributed by atoms with Crippen LogP contribution < -0.4 is 15.3 Å². The van der Waals surface area contributed by atoms with Crippen molar-refractivity contribution in [1.82, 2.24) is 0 Å². The Balaban J connectivity index is 1.27. The van der Waals surface area contributed by atoms with Crippen molar-refractivity contribution in [3.63, 3.8) is 0 Å². The molecule has 63 heavy (non-hydrogen) atoms. The molecule has 330 valence electrons. The number of anilines is 2. The lowest BCUT2D eigenvalue weighted by Crippen LogP contribution is -2.27. The van der Waals surface area contributed by atoms with Crippen LogP contribution in [0.4, 0.5) is 11.4 Å². The van der Waals surface area contributed by atoms with Crippen LogP contribution >= 0.6 is 0 Å². The Bertz CT molecular complexity index is 3290. The topological polar surface area (TPSA) is 395 Å². The third kappa shape index (κ3) is 9.30. The molecule has 3 aliphatic rings. The van der Waals surface area contributed by atoms with Crippen molar-refractivity contribution in [2.24, 2.45) is 20.4 Å². The third-order valence-electron chi connectivity index (χ3n) is 8.65. The first-order chi connectivity index (χ1) is 29.2. The molecule has 0 spiro atoms. The summed E-state index contributed by atoms with van der Waals surface area (Å²) in [6.45, 7) is 0. The van der Waals surface area contributed by atoms with Gasteiger partial charge in [0, 0.05) is 24.3 Å². The first-order valence-corrected chi connectivity index (χ1v) is 22.4. The quantitative estimate of drug-likeness (QED) is 0.0774. The molecule has 0 unspecified atom stereocenters. The summed E-state index contributed by atoms with van der Waals surface area (Å²) in [6, 6.07) is 6.08. The highest BCUT2D eigenvalue weighted by molar-refractivity contribution is 7.91. The first-order valence-electron chi connectivity index (χ1n) is 16.6. The van der Waals surface area contributed by atoms with Crippen LogP contribution in [0, 0.1) is 0 Å². The van der Waals surface area contributed by atoms with Crippen LogP contribution in [-0.4, -0.2) is 116 Å². The van der Waals surface area contributed by atoms with E-state index in [1.54, 1.807) is 0 Å². The van der Waals surface area contributed by atoms with Crippen LogP contribution in [0.1, 0.15) is 31.8 Å². The number of nitrogens with one attached hydrogen (secondary N) is 1. The maximum atomic E-state index is 13.3. The van der Waals surface area contributed by atoms with Gasteiger partial charge in [-0.2, -0.15) is 38.8 Å². The van der Waals surface area contributed by atoms with Crippen LogP contribution in [-0.2, 0) is 45.2 Å². The number of fused-ring (bicyclic) bond motifs is 2. The predicted molar refractivity (Wildman–Crippen MR) is 218 cm³/mol. The zero-order valence-electron chi connectivity index (χ0n) is 31.3. The molecule has 3 aromatic rings. The third-order valence-corrected chi connectivity index (χ3v) is 12.1. The molecule has 0 amide bonds. The second-order valence-corrected chi connectivity index (χ2v) is 18.3. The fraction of sp³-hybridized carbons (Fsp3) is 0.0588. The molecule has 3 aliphatic carbocycles. The zero-order chi connectivity index (χ0) is 46.6. The number of rotatable bonds is 11. The summed E-state index contributed by atoms with van der Waals surface area (Å²) >= 11 is 0. The molecule has 29 heteroatoms. The molecule has 0 aromatic heterocycles. The molecule has 25 nitrogen and oxygen atoms in total. The van der Waals surface area contributed by atoms with Crippen molar-refractivity contribution in [3.05, 3.63) is 98.5 Å². The van der Waals surface area contributed by atoms with Crippen molar-refractivity contribution in [2.45, 2.75) is 9.79 Å². The number of Topliss-reactive ketones (excluding diaryl/α,β-unsaturated/α-hetero) is 2. The summed E-state index contributed by atoms with van der Waals surface area (Å²) in [6.07, 6.45) is 4.92.